The molecular formula is C23H23F6NO2. The molecule has 4 rings (SSSR count). The maximum atomic E-state index is 13.3. The van der Waals surface area contributed by atoms with Crippen molar-refractivity contribution in [3.8, 4) is 0 Å². The molecule has 0 amide bonds. The van der Waals surface area contributed by atoms with Gasteiger partial charge in [-0.05, 0) is 55.0 Å². The summed E-state index contributed by atoms with van der Waals surface area (Å²) in [4.78, 5) is 0. The van der Waals surface area contributed by atoms with E-state index in [4.69, 9.17) is 4.74 Å². The molecule has 4 atom stereocenters. The summed E-state index contributed by atoms with van der Waals surface area (Å²) in [7, 11) is 0. The van der Waals surface area contributed by atoms with Gasteiger partial charge in [0.25, 0.3) is 0 Å². The summed E-state index contributed by atoms with van der Waals surface area (Å²) in [5.41, 5.74) is -2.86. The molecule has 2 N–H and O–H groups in total. The van der Waals surface area contributed by atoms with Crippen molar-refractivity contribution < 1.29 is 36.2 Å². The lowest BCUT2D eigenvalue weighted by Crippen LogP contribution is -2.54. The Morgan fingerprint density at radius 2 is 1.56 bits per heavy atom. The molecule has 2 saturated heterocycles. The Morgan fingerprint density at radius 1 is 0.938 bits per heavy atom. The summed E-state index contributed by atoms with van der Waals surface area (Å²) >= 11 is 0. The summed E-state index contributed by atoms with van der Waals surface area (Å²) in [5.74, 6) is 0. The highest BCUT2D eigenvalue weighted by atomic mass is 19.4. The van der Waals surface area contributed by atoms with Crippen LogP contribution in [0.5, 0.6) is 0 Å². The molecule has 2 heterocycles. The molecule has 32 heavy (non-hydrogen) atoms. The van der Waals surface area contributed by atoms with Crippen molar-refractivity contribution in [2.75, 3.05) is 6.61 Å². The maximum Gasteiger partial charge on any atom is 0.416 e. The summed E-state index contributed by atoms with van der Waals surface area (Å²) < 4.78 is 85.8. The maximum absolute atomic E-state index is 13.3. The summed E-state index contributed by atoms with van der Waals surface area (Å²) in [6.07, 6.45) is -8.82. The van der Waals surface area contributed by atoms with E-state index in [0.717, 1.165) is 24.8 Å². The first kappa shape index (κ1) is 23.1. The zero-order valence-electron chi connectivity index (χ0n) is 17.0. The normalized spacial score (nSPS) is 26.8. The Balaban J connectivity index is 1.70. The Morgan fingerprint density at radius 3 is 2.12 bits per heavy atom. The minimum Gasteiger partial charge on any atom is -0.393 e. The van der Waals surface area contributed by atoms with Crippen LogP contribution in [0.3, 0.4) is 0 Å². The van der Waals surface area contributed by atoms with Gasteiger partial charge in [0.05, 0.1) is 29.4 Å². The van der Waals surface area contributed by atoms with E-state index in [1.54, 1.807) is 0 Å². The standard InChI is InChI=1S/C23H23F6NO2/c24-22(25,26)16-10-14(11-17(12-16)23(27,28)29)19(13-31)32-20-7-6-18-8-9-21(20,30-18)15-4-2-1-3-5-15/h1-5,10-12,18-20,30-31H,6-9,13H2/t18-,19-,20+,21+/m0/s1. The Bertz CT molecular complexity index is 913. The first-order valence-electron chi connectivity index (χ1n) is 10.4. The van der Waals surface area contributed by atoms with E-state index >= 15 is 0 Å². The van der Waals surface area contributed by atoms with Crippen molar-refractivity contribution in [3.63, 3.8) is 0 Å². The van der Waals surface area contributed by atoms with Gasteiger partial charge in [-0.25, -0.2) is 0 Å². The van der Waals surface area contributed by atoms with Gasteiger partial charge in [-0.3, -0.25) is 0 Å². The number of aliphatic hydroxyl groups is 1. The lowest BCUT2D eigenvalue weighted by atomic mass is 9.80. The van der Waals surface area contributed by atoms with Gasteiger partial charge in [0, 0.05) is 6.04 Å². The quantitative estimate of drug-likeness (QED) is 0.574. The SMILES string of the molecule is OC[C@H](O[C@@H]1CC[C@H]2CC[C@]1(c1ccccc1)N2)c1cc(C(F)(F)F)cc(C(F)(F)F)c1. The van der Waals surface area contributed by atoms with Gasteiger partial charge in [-0.2, -0.15) is 26.3 Å². The molecule has 0 aliphatic carbocycles. The number of benzene rings is 2. The first-order valence-corrected chi connectivity index (χ1v) is 10.4. The van der Waals surface area contributed by atoms with E-state index < -0.39 is 47.8 Å². The van der Waals surface area contributed by atoms with Gasteiger partial charge in [0.2, 0.25) is 0 Å². The fourth-order valence-electron chi connectivity index (χ4n) is 4.90. The molecule has 2 aromatic carbocycles. The zero-order valence-corrected chi connectivity index (χ0v) is 17.0. The topological polar surface area (TPSA) is 41.5 Å². The van der Waals surface area contributed by atoms with Crippen molar-refractivity contribution in [3.05, 3.63) is 70.8 Å². The van der Waals surface area contributed by atoms with Crippen molar-refractivity contribution >= 4 is 0 Å². The average Bonchev–Trinajstić information content (AvgIpc) is 3.11. The molecule has 3 nitrogen and oxygen atoms in total. The van der Waals surface area contributed by atoms with Crippen LogP contribution in [0.25, 0.3) is 0 Å². The van der Waals surface area contributed by atoms with E-state index in [9.17, 15) is 31.4 Å². The molecule has 2 aliphatic heterocycles. The molecule has 174 valence electrons. The predicted molar refractivity (Wildman–Crippen MR) is 105 cm³/mol. The number of nitrogens with one attached hydrogen (secondary N) is 1. The van der Waals surface area contributed by atoms with Gasteiger partial charge in [0.1, 0.15) is 6.10 Å². The van der Waals surface area contributed by atoms with Crippen molar-refractivity contribution in [1.82, 2.24) is 5.32 Å². The van der Waals surface area contributed by atoms with E-state index in [0.29, 0.717) is 18.6 Å². The number of piperidine rings is 1. The third-order valence-corrected chi connectivity index (χ3v) is 6.44. The van der Waals surface area contributed by atoms with Crippen molar-refractivity contribution in [1.29, 1.82) is 0 Å². The van der Waals surface area contributed by atoms with Crippen LogP contribution in [-0.4, -0.2) is 23.9 Å². The van der Waals surface area contributed by atoms with Crippen molar-refractivity contribution in [2.24, 2.45) is 0 Å². The molecule has 2 fully saturated rings. The number of hydrogen-bond donors (Lipinski definition) is 2. The highest BCUT2D eigenvalue weighted by Gasteiger charge is 2.50. The molecule has 2 aromatic rings. The third kappa shape index (κ3) is 4.38. The molecule has 0 unspecified atom stereocenters. The molecule has 2 bridgehead atoms. The number of aliphatic hydroxyl groups excluding tert-OH is 1. The van der Waals surface area contributed by atoms with Gasteiger partial charge < -0.3 is 15.2 Å². The summed E-state index contributed by atoms with van der Waals surface area (Å²) in [6.45, 7) is -0.747. The van der Waals surface area contributed by atoms with Crippen LogP contribution in [0.1, 0.15) is 54.0 Å². The molecule has 9 heteroatoms. The highest BCUT2D eigenvalue weighted by Crippen LogP contribution is 2.46. The second kappa shape index (κ2) is 8.35. The monoisotopic (exact) mass is 459 g/mol. The third-order valence-electron chi connectivity index (χ3n) is 6.44. The summed E-state index contributed by atoms with van der Waals surface area (Å²) in [6, 6.07) is 11.1. The number of hydrogen-bond acceptors (Lipinski definition) is 3. The molecule has 0 aromatic heterocycles. The van der Waals surface area contributed by atoms with Crippen LogP contribution in [0.15, 0.2) is 48.5 Å². The van der Waals surface area contributed by atoms with Crippen LogP contribution in [0.4, 0.5) is 26.3 Å². The number of rotatable bonds is 5. The molecule has 0 spiro atoms. The second-order valence-electron chi connectivity index (χ2n) is 8.43. The Kier molecular flexibility index (Phi) is 6.02. The van der Waals surface area contributed by atoms with Gasteiger partial charge in [-0.15, -0.1) is 0 Å². The predicted octanol–water partition coefficient (Wildman–Crippen LogP) is 5.58. The van der Waals surface area contributed by atoms with E-state index in [2.05, 4.69) is 5.32 Å². The van der Waals surface area contributed by atoms with Gasteiger partial charge in [-0.1, -0.05) is 30.3 Å². The number of fused-ring (bicyclic) bond motifs is 2. The summed E-state index contributed by atoms with van der Waals surface area (Å²) in [5, 5.41) is 13.5. The highest BCUT2D eigenvalue weighted by molar-refractivity contribution is 5.35. The number of halogens is 6. The van der Waals surface area contributed by atoms with Crippen LogP contribution < -0.4 is 5.32 Å². The molecule has 2 aliphatic rings. The van der Waals surface area contributed by atoms with Gasteiger partial charge >= 0.3 is 12.4 Å². The first-order chi connectivity index (χ1) is 15.0. The molecule has 0 radical (unpaired) electrons. The smallest absolute Gasteiger partial charge is 0.393 e. The van der Waals surface area contributed by atoms with Crippen molar-refractivity contribution in [2.45, 2.75) is 61.8 Å². The second-order valence-corrected chi connectivity index (χ2v) is 8.43. The zero-order chi connectivity index (χ0) is 23.1. The largest absolute Gasteiger partial charge is 0.416 e. The van der Waals surface area contributed by atoms with Crippen LogP contribution in [0.2, 0.25) is 0 Å². The minimum atomic E-state index is -4.97. The fraction of sp³-hybridized carbons (Fsp3) is 0.478. The van der Waals surface area contributed by atoms with E-state index in [1.165, 1.54) is 0 Å². The fourth-order valence-corrected chi connectivity index (χ4v) is 4.90. The lowest BCUT2D eigenvalue weighted by Gasteiger charge is -2.43. The number of alkyl halides is 6. The molecular weight excluding hydrogens is 436 g/mol. The van der Waals surface area contributed by atoms with E-state index in [-0.39, 0.29) is 17.7 Å². The Hall–Kier alpha value is -2.10. The van der Waals surface area contributed by atoms with Gasteiger partial charge in [0.15, 0.2) is 0 Å². The van der Waals surface area contributed by atoms with Crippen LogP contribution in [-0.2, 0) is 22.6 Å². The Labute approximate surface area is 181 Å². The average molecular weight is 459 g/mol. The van der Waals surface area contributed by atoms with Crippen LogP contribution >= 0.6 is 0 Å². The lowest BCUT2D eigenvalue weighted by molar-refractivity contribution is -0.143. The van der Waals surface area contributed by atoms with E-state index in [1.807, 2.05) is 30.3 Å². The molecule has 0 saturated carbocycles. The minimum absolute atomic E-state index is 0.0765. The van der Waals surface area contributed by atoms with Crippen LogP contribution in [0, 0.1) is 0 Å². The number of ether oxygens (including phenoxy) is 1.